The molecule has 1 amide bonds. The Morgan fingerprint density at radius 3 is 2.40 bits per heavy atom. The van der Waals surface area contributed by atoms with Gasteiger partial charge in [-0.1, -0.05) is 0 Å². The van der Waals surface area contributed by atoms with Crippen LogP contribution < -0.4 is 5.32 Å². The first kappa shape index (κ1) is 16.7. The zero-order valence-corrected chi connectivity index (χ0v) is 13.8. The maximum Gasteiger partial charge on any atom is 0.269 e. The molecule has 0 spiro atoms. The average molecular weight is 357 g/mol. The van der Waals surface area contributed by atoms with E-state index >= 15 is 0 Å². The summed E-state index contributed by atoms with van der Waals surface area (Å²) in [5.74, 6) is -0.738. The Hall–Kier alpha value is -3.13. The van der Waals surface area contributed by atoms with E-state index in [1.807, 2.05) is 6.92 Å². The largest absolute Gasteiger partial charge is 0.298 e. The van der Waals surface area contributed by atoms with Crippen molar-refractivity contribution >= 4 is 28.1 Å². The van der Waals surface area contributed by atoms with Crippen LogP contribution in [0.4, 0.5) is 15.2 Å². The second-order valence-electron chi connectivity index (χ2n) is 5.19. The predicted octanol–water partition coefficient (Wildman–Crippen LogP) is 4.42. The number of anilines is 1. The third kappa shape index (κ3) is 3.69. The Morgan fingerprint density at radius 2 is 1.80 bits per heavy atom. The Morgan fingerprint density at radius 1 is 1.16 bits per heavy atom. The number of rotatable bonds is 4. The molecule has 3 rings (SSSR count). The van der Waals surface area contributed by atoms with Gasteiger partial charge in [0.05, 0.1) is 10.6 Å². The van der Waals surface area contributed by atoms with E-state index in [-0.39, 0.29) is 11.5 Å². The van der Waals surface area contributed by atoms with Crippen LogP contribution in [0.25, 0.3) is 11.3 Å². The minimum Gasteiger partial charge on any atom is -0.298 e. The van der Waals surface area contributed by atoms with Crippen LogP contribution >= 0.6 is 11.3 Å². The quantitative estimate of drug-likeness (QED) is 0.553. The molecule has 0 radical (unpaired) electrons. The molecule has 0 aliphatic carbocycles. The van der Waals surface area contributed by atoms with Crippen LogP contribution in [0.5, 0.6) is 0 Å². The molecule has 0 fully saturated rings. The minimum atomic E-state index is -0.527. The monoisotopic (exact) mass is 357 g/mol. The first-order valence-electron chi connectivity index (χ1n) is 7.23. The second kappa shape index (κ2) is 6.78. The summed E-state index contributed by atoms with van der Waals surface area (Å²) in [4.78, 5) is 27.6. The van der Waals surface area contributed by atoms with Crippen LogP contribution in [0.2, 0.25) is 0 Å². The molecule has 0 bridgehead atoms. The highest BCUT2D eigenvalue weighted by atomic mass is 32.1. The molecule has 126 valence electrons. The van der Waals surface area contributed by atoms with E-state index in [1.165, 1.54) is 47.7 Å². The fraction of sp³-hybridized carbons (Fsp3) is 0.0588. The third-order valence-electron chi connectivity index (χ3n) is 3.48. The van der Waals surface area contributed by atoms with Gasteiger partial charge in [-0.15, -0.1) is 11.3 Å². The summed E-state index contributed by atoms with van der Waals surface area (Å²) in [6.07, 6.45) is 0. The molecule has 0 saturated carbocycles. The van der Waals surface area contributed by atoms with Crippen molar-refractivity contribution in [3.8, 4) is 11.3 Å². The Balaban J connectivity index is 1.79. The van der Waals surface area contributed by atoms with E-state index in [0.29, 0.717) is 16.4 Å². The van der Waals surface area contributed by atoms with Crippen molar-refractivity contribution < 1.29 is 14.1 Å². The van der Waals surface area contributed by atoms with Gasteiger partial charge in [0.1, 0.15) is 5.82 Å². The van der Waals surface area contributed by atoms with E-state index in [0.717, 1.165) is 10.4 Å². The number of hydrogen-bond acceptors (Lipinski definition) is 5. The molecule has 8 heteroatoms. The van der Waals surface area contributed by atoms with Gasteiger partial charge in [-0.3, -0.25) is 20.2 Å². The number of halogens is 1. The predicted molar refractivity (Wildman–Crippen MR) is 93.3 cm³/mol. The highest BCUT2D eigenvalue weighted by Crippen LogP contribution is 2.30. The Labute approximate surface area is 146 Å². The SMILES string of the molecule is Cc1sc(NC(=O)c2ccc([N+](=O)[O-])cc2)nc1-c1ccc(F)cc1. The topological polar surface area (TPSA) is 85.1 Å². The number of carbonyl (C=O) groups excluding carboxylic acids is 1. The number of thiazole rings is 1. The van der Waals surface area contributed by atoms with E-state index in [4.69, 9.17) is 0 Å². The van der Waals surface area contributed by atoms with E-state index in [1.54, 1.807) is 12.1 Å². The first-order chi connectivity index (χ1) is 11.9. The van der Waals surface area contributed by atoms with E-state index in [9.17, 15) is 19.3 Å². The van der Waals surface area contributed by atoms with Gasteiger partial charge < -0.3 is 0 Å². The number of amides is 1. The third-order valence-corrected chi connectivity index (χ3v) is 4.36. The Kier molecular flexibility index (Phi) is 4.53. The van der Waals surface area contributed by atoms with Crippen molar-refractivity contribution in [1.29, 1.82) is 0 Å². The normalized spacial score (nSPS) is 10.5. The number of nitro benzene ring substituents is 1. The summed E-state index contributed by atoms with van der Waals surface area (Å²) in [5.41, 5.74) is 1.64. The molecule has 0 unspecified atom stereocenters. The van der Waals surface area contributed by atoms with Crippen molar-refractivity contribution in [1.82, 2.24) is 4.98 Å². The molecule has 0 atom stereocenters. The van der Waals surface area contributed by atoms with Crippen LogP contribution in [0.15, 0.2) is 48.5 Å². The summed E-state index contributed by atoms with van der Waals surface area (Å²) in [5, 5.41) is 13.7. The lowest BCUT2D eigenvalue weighted by molar-refractivity contribution is -0.384. The fourth-order valence-corrected chi connectivity index (χ4v) is 3.06. The van der Waals surface area contributed by atoms with Crippen LogP contribution in [0.3, 0.4) is 0 Å². The number of nitrogens with one attached hydrogen (secondary N) is 1. The summed E-state index contributed by atoms with van der Waals surface area (Å²) in [7, 11) is 0. The van der Waals surface area contributed by atoms with Crippen LogP contribution in [0.1, 0.15) is 15.2 Å². The fourth-order valence-electron chi connectivity index (χ4n) is 2.23. The standard InChI is InChI=1S/C17H12FN3O3S/c1-10-15(11-2-6-13(18)7-3-11)19-17(25-10)20-16(22)12-4-8-14(9-5-12)21(23)24/h2-9H,1H3,(H,19,20,22). The summed E-state index contributed by atoms with van der Waals surface area (Å²) >= 11 is 1.30. The summed E-state index contributed by atoms with van der Waals surface area (Å²) in [6.45, 7) is 1.86. The maximum absolute atomic E-state index is 13.0. The zero-order valence-electron chi connectivity index (χ0n) is 13.0. The molecule has 0 saturated heterocycles. The number of aromatic nitrogens is 1. The second-order valence-corrected chi connectivity index (χ2v) is 6.39. The van der Waals surface area contributed by atoms with Crippen LogP contribution in [-0.4, -0.2) is 15.8 Å². The van der Waals surface area contributed by atoms with Gasteiger partial charge in [-0.25, -0.2) is 9.37 Å². The molecule has 0 aliphatic rings. The smallest absolute Gasteiger partial charge is 0.269 e. The van der Waals surface area contributed by atoms with Crippen molar-refractivity contribution in [2.75, 3.05) is 5.32 Å². The lowest BCUT2D eigenvalue weighted by Gasteiger charge is -2.01. The number of aryl methyl sites for hydroxylation is 1. The van der Waals surface area contributed by atoms with Crippen molar-refractivity contribution in [2.24, 2.45) is 0 Å². The minimum absolute atomic E-state index is 0.0831. The number of hydrogen-bond donors (Lipinski definition) is 1. The lowest BCUT2D eigenvalue weighted by Crippen LogP contribution is -2.11. The van der Waals surface area contributed by atoms with Crippen molar-refractivity contribution in [3.05, 3.63) is 74.9 Å². The molecule has 1 heterocycles. The first-order valence-corrected chi connectivity index (χ1v) is 8.05. The average Bonchev–Trinajstić information content (AvgIpc) is 2.96. The summed E-state index contributed by atoms with van der Waals surface area (Å²) < 4.78 is 13.0. The van der Waals surface area contributed by atoms with E-state index in [2.05, 4.69) is 10.3 Å². The lowest BCUT2D eigenvalue weighted by atomic mass is 10.1. The molecular weight excluding hydrogens is 345 g/mol. The molecular formula is C17H12FN3O3S. The van der Waals surface area contributed by atoms with Gasteiger partial charge in [0.15, 0.2) is 5.13 Å². The summed E-state index contributed by atoms with van der Waals surface area (Å²) in [6, 6.07) is 11.3. The molecule has 0 aliphatic heterocycles. The number of nitrogens with zero attached hydrogens (tertiary/aromatic N) is 2. The number of non-ortho nitro benzene ring substituents is 1. The van der Waals surface area contributed by atoms with E-state index < -0.39 is 10.8 Å². The maximum atomic E-state index is 13.0. The number of carbonyl (C=O) groups is 1. The van der Waals surface area contributed by atoms with Gasteiger partial charge >= 0.3 is 0 Å². The highest BCUT2D eigenvalue weighted by molar-refractivity contribution is 7.16. The van der Waals surface area contributed by atoms with Crippen LogP contribution in [0, 0.1) is 22.9 Å². The van der Waals surface area contributed by atoms with Crippen molar-refractivity contribution in [3.63, 3.8) is 0 Å². The highest BCUT2D eigenvalue weighted by Gasteiger charge is 2.14. The van der Waals surface area contributed by atoms with Crippen molar-refractivity contribution in [2.45, 2.75) is 6.92 Å². The molecule has 2 aromatic carbocycles. The molecule has 1 N–H and O–H groups in total. The molecule has 25 heavy (non-hydrogen) atoms. The molecule has 6 nitrogen and oxygen atoms in total. The van der Waals surface area contributed by atoms with Crippen LogP contribution in [-0.2, 0) is 0 Å². The van der Waals surface area contributed by atoms with Gasteiger partial charge in [0, 0.05) is 28.1 Å². The number of benzene rings is 2. The zero-order chi connectivity index (χ0) is 18.0. The molecule has 1 aromatic heterocycles. The van der Waals surface area contributed by atoms with Gasteiger partial charge in [-0.2, -0.15) is 0 Å². The number of nitro groups is 1. The Bertz CT molecular complexity index is 937. The van der Waals surface area contributed by atoms with Gasteiger partial charge in [0.2, 0.25) is 0 Å². The van der Waals surface area contributed by atoms with Gasteiger partial charge in [0.25, 0.3) is 11.6 Å². The van der Waals surface area contributed by atoms with Gasteiger partial charge in [-0.05, 0) is 43.3 Å². The molecule has 3 aromatic rings.